The Morgan fingerprint density at radius 3 is 1.90 bits per heavy atom. The Kier molecular flexibility index (Phi) is 9.89. The average molecular weight is 450 g/mol. The summed E-state index contributed by atoms with van der Waals surface area (Å²) in [5.41, 5.74) is -1.32. The molecule has 0 spiro atoms. The molecule has 1 rings (SSSR count). The fraction of sp³-hybridized carbons (Fsp3) is 0.789. The summed E-state index contributed by atoms with van der Waals surface area (Å²) in [7, 11) is 0. The molecule has 30 heavy (non-hydrogen) atoms. The van der Waals surface area contributed by atoms with Crippen LogP contribution in [0.1, 0.15) is 48.5 Å². The highest BCUT2D eigenvalue weighted by molar-refractivity contribution is 7.99. The topological polar surface area (TPSA) is 126 Å². The number of ether oxygens (including phenoxy) is 5. The van der Waals surface area contributed by atoms with E-state index in [4.69, 9.17) is 23.7 Å². The van der Waals surface area contributed by atoms with E-state index in [1.165, 1.54) is 32.5 Å². The molecule has 1 aliphatic heterocycles. The van der Waals surface area contributed by atoms with Gasteiger partial charge in [0.1, 0.15) is 11.0 Å². The van der Waals surface area contributed by atoms with Crippen LogP contribution in [-0.4, -0.2) is 71.8 Å². The number of alkyl carbamates (subject to hydrolysis) is 1. The van der Waals surface area contributed by atoms with Crippen molar-refractivity contribution >= 4 is 35.8 Å². The normalized spacial score (nSPS) is 26.3. The molecule has 1 heterocycles. The van der Waals surface area contributed by atoms with Crippen molar-refractivity contribution in [1.29, 1.82) is 0 Å². The van der Waals surface area contributed by atoms with Crippen LogP contribution in [0.2, 0.25) is 0 Å². The van der Waals surface area contributed by atoms with Crippen LogP contribution in [0.3, 0.4) is 0 Å². The number of hydrogen-bond donors (Lipinski definition) is 1. The van der Waals surface area contributed by atoms with Gasteiger partial charge in [-0.1, -0.05) is 0 Å². The highest BCUT2D eigenvalue weighted by Crippen LogP contribution is 2.33. The zero-order valence-electron chi connectivity index (χ0n) is 18.4. The van der Waals surface area contributed by atoms with E-state index in [0.29, 0.717) is 5.75 Å². The van der Waals surface area contributed by atoms with Crippen LogP contribution in [0.5, 0.6) is 0 Å². The van der Waals surface area contributed by atoms with E-state index in [9.17, 15) is 19.2 Å². The van der Waals surface area contributed by atoms with Crippen molar-refractivity contribution in [3.05, 3.63) is 0 Å². The number of carbonyl (C=O) groups is 4. The predicted molar refractivity (Wildman–Crippen MR) is 108 cm³/mol. The van der Waals surface area contributed by atoms with Gasteiger partial charge in [0.2, 0.25) is 0 Å². The molecule has 1 amide bonds. The van der Waals surface area contributed by atoms with Crippen molar-refractivity contribution in [2.45, 2.75) is 83.9 Å². The fourth-order valence-electron chi connectivity index (χ4n) is 2.75. The van der Waals surface area contributed by atoms with E-state index in [-0.39, 0.29) is 6.54 Å². The summed E-state index contributed by atoms with van der Waals surface area (Å²) in [6.07, 6.45) is -4.15. The molecule has 1 saturated heterocycles. The van der Waals surface area contributed by atoms with Gasteiger partial charge in [0, 0.05) is 33.1 Å². The summed E-state index contributed by atoms with van der Waals surface area (Å²) < 4.78 is 27.0. The van der Waals surface area contributed by atoms with Crippen LogP contribution in [0, 0.1) is 0 Å². The molecular weight excluding hydrogens is 418 g/mol. The third-order valence-corrected chi connectivity index (χ3v) is 4.83. The van der Waals surface area contributed by atoms with E-state index in [1.54, 1.807) is 27.7 Å². The number of esters is 3. The highest BCUT2D eigenvalue weighted by Gasteiger charge is 2.50. The fourth-order valence-corrected chi connectivity index (χ4v) is 3.85. The second kappa shape index (κ2) is 11.4. The largest absolute Gasteiger partial charge is 0.456 e. The Bertz CT molecular complexity index is 634. The van der Waals surface area contributed by atoms with Gasteiger partial charge in [-0.15, -0.1) is 11.8 Å². The molecule has 10 nitrogen and oxygen atoms in total. The maximum atomic E-state index is 11.7. The monoisotopic (exact) mass is 449 g/mol. The second-order valence-electron chi connectivity index (χ2n) is 7.73. The highest BCUT2D eigenvalue weighted by atomic mass is 32.2. The van der Waals surface area contributed by atoms with Gasteiger partial charge >= 0.3 is 24.0 Å². The van der Waals surface area contributed by atoms with Crippen LogP contribution in [0.4, 0.5) is 4.79 Å². The van der Waals surface area contributed by atoms with Crippen LogP contribution in [-0.2, 0) is 38.1 Å². The Morgan fingerprint density at radius 2 is 1.40 bits per heavy atom. The van der Waals surface area contributed by atoms with Gasteiger partial charge in [-0.2, -0.15) is 0 Å². The quantitative estimate of drug-likeness (QED) is 0.349. The molecule has 0 aromatic carbocycles. The third kappa shape index (κ3) is 9.21. The lowest BCUT2D eigenvalue weighted by molar-refractivity contribution is -0.229. The number of amides is 1. The minimum absolute atomic E-state index is 0.270. The standard InChI is InChI=1S/C19H31NO9S/c1-10-14(26-11(2)21)15(27-12(3)22)16(28-13(4)23)17(25-10)30-9-8-20-18(24)29-19(5,6)7/h10,14-17H,8-9H2,1-7H3,(H,20,24)/t10-,14+,15+,16-,17-/m0/s1. The number of nitrogens with one attached hydrogen (secondary N) is 1. The first-order chi connectivity index (χ1) is 13.8. The Balaban J connectivity index is 2.84. The van der Waals surface area contributed by atoms with Gasteiger partial charge in [-0.05, 0) is 27.7 Å². The summed E-state index contributed by atoms with van der Waals surface area (Å²) >= 11 is 1.26. The first-order valence-electron chi connectivity index (χ1n) is 9.55. The molecule has 172 valence electrons. The van der Waals surface area contributed by atoms with Crippen molar-refractivity contribution in [2.75, 3.05) is 12.3 Å². The van der Waals surface area contributed by atoms with E-state index in [0.717, 1.165) is 0 Å². The van der Waals surface area contributed by atoms with Crippen LogP contribution >= 0.6 is 11.8 Å². The zero-order chi connectivity index (χ0) is 23.1. The molecule has 0 aliphatic carbocycles. The lowest BCUT2D eigenvalue weighted by atomic mass is 10.00. The average Bonchev–Trinajstić information content (AvgIpc) is 2.55. The zero-order valence-corrected chi connectivity index (χ0v) is 19.2. The lowest BCUT2D eigenvalue weighted by Crippen LogP contribution is -2.59. The van der Waals surface area contributed by atoms with Crippen LogP contribution in [0.15, 0.2) is 0 Å². The first kappa shape index (κ1) is 26.0. The van der Waals surface area contributed by atoms with Gasteiger partial charge in [0.15, 0.2) is 18.3 Å². The molecule has 11 heteroatoms. The number of thioether (sulfide) groups is 1. The van der Waals surface area contributed by atoms with E-state index >= 15 is 0 Å². The molecule has 5 atom stereocenters. The molecule has 0 saturated carbocycles. The summed E-state index contributed by atoms with van der Waals surface area (Å²) in [5.74, 6) is -1.39. The number of hydrogen-bond acceptors (Lipinski definition) is 10. The number of carbonyl (C=O) groups excluding carboxylic acids is 4. The summed E-state index contributed by atoms with van der Waals surface area (Å²) in [4.78, 5) is 46.5. The molecule has 0 radical (unpaired) electrons. The molecule has 1 aliphatic rings. The van der Waals surface area contributed by atoms with Gasteiger partial charge in [-0.3, -0.25) is 14.4 Å². The molecule has 1 fully saturated rings. The van der Waals surface area contributed by atoms with E-state index in [2.05, 4.69) is 5.32 Å². The van der Waals surface area contributed by atoms with Crippen molar-refractivity contribution in [1.82, 2.24) is 5.32 Å². The lowest BCUT2D eigenvalue weighted by Gasteiger charge is -2.43. The van der Waals surface area contributed by atoms with Gasteiger partial charge in [0.05, 0.1) is 6.10 Å². The summed E-state index contributed by atoms with van der Waals surface area (Å²) in [5, 5.41) is 2.62. The summed E-state index contributed by atoms with van der Waals surface area (Å²) in [6, 6.07) is 0. The van der Waals surface area contributed by atoms with Crippen LogP contribution in [0.25, 0.3) is 0 Å². The molecule has 0 aromatic heterocycles. The molecule has 1 N–H and O–H groups in total. The maximum Gasteiger partial charge on any atom is 0.407 e. The van der Waals surface area contributed by atoms with Gasteiger partial charge in [0.25, 0.3) is 0 Å². The minimum Gasteiger partial charge on any atom is -0.456 e. The van der Waals surface area contributed by atoms with Crippen molar-refractivity contribution in [2.24, 2.45) is 0 Å². The predicted octanol–water partition coefficient (Wildman–Crippen LogP) is 1.78. The van der Waals surface area contributed by atoms with Crippen molar-refractivity contribution < 1.29 is 42.9 Å². The molecule has 0 unspecified atom stereocenters. The smallest absolute Gasteiger partial charge is 0.407 e. The molecule has 0 bridgehead atoms. The SMILES string of the molecule is CC(=O)O[C@@H]1[C@H](OC(C)=O)[C@H](C)O[C@@H](SCCNC(=O)OC(C)(C)C)[C@H]1OC(C)=O. The number of rotatable bonds is 7. The van der Waals surface area contributed by atoms with E-state index < -0.39 is 59.5 Å². The molecular formula is C19H31NO9S. The minimum atomic E-state index is -1.03. The van der Waals surface area contributed by atoms with Crippen molar-refractivity contribution in [3.8, 4) is 0 Å². The summed E-state index contributed by atoms with van der Waals surface area (Å²) in [6.45, 7) is 10.9. The Labute approximate surface area is 180 Å². The third-order valence-electron chi connectivity index (χ3n) is 3.69. The van der Waals surface area contributed by atoms with E-state index in [1.807, 2.05) is 0 Å². The molecule has 0 aromatic rings. The first-order valence-corrected chi connectivity index (χ1v) is 10.6. The van der Waals surface area contributed by atoms with Crippen molar-refractivity contribution in [3.63, 3.8) is 0 Å². The Hall–Kier alpha value is -2.01. The van der Waals surface area contributed by atoms with Gasteiger partial charge in [-0.25, -0.2) is 4.79 Å². The second-order valence-corrected chi connectivity index (χ2v) is 8.94. The van der Waals surface area contributed by atoms with Gasteiger partial charge < -0.3 is 29.0 Å². The Morgan fingerprint density at radius 1 is 0.900 bits per heavy atom. The maximum absolute atomic E-state index is 11.7. The van der Waals surface area contributed by atoms with Crippen LogP contribution < -0.4 is 5.32 Å².